The number of hydrogen-bond donors (Lipinski definition) is 1. The molecule has 0 aromatic carbocycles. The Labute approximate surface area is 142 Å². The summed E-state index contributed by atoms with van der Waals surface area (Å²) in [5.74, 6) is 3.66. The van der Waals surface area contributed by atoms with Crippen LogP contribution in [0.3, 0.4) is 0 Å². The van der Waals surface area contributed by atoms with Gasteiger partial charge in [0, 0.05) is 42.8 Å². The smallest absolute Gasteiger partial charge is 0.199 e. The lowest BCUT2D eigenvalue weighted by atomic mass is 9.97. The first kappa shape index (κ1) is 15.4. The zero-order valence-electron chi connectivity index (χ0n) is 14.5. The zero-order valence-corrected chi connectivity index (χ0v) is 14.5. The molecule has 0 spiro atoms. The topological polar surface area (TPSA) is 66.8 Å². The van der Waals surface area contributed by atoms with Crippen molar-refractivity contribution in [2.24, 2.45) is 11.8 Å². The van der Waals surface area contributed by atoms with Crippen LogP contribution in [0.25, 0.3) is 11.6 Å². The SMILES string of the molecule is Cc1nc(-c2ncccn2)nc(NC2CCC3CN(C)CC32)c1C. The van der Waals surface area contributed by atoms with Crippen LogP contribution in [0.1, 0.15) is 24.1 Å². The van der Waals surface area contributed by atoms with Gasteiger partial charge >= 0.3 is 0 Å². The molecule has 126 valence electrons. The molecule has 2 aromatic rings. The second kappa shape index (κ2) is 6.09. The summed E-state index contributed by atoms with van der Waals surface area (Å²) in [6, 6.07) is 2.30. The fraction of sp³-hybridized carbons (Fsp3) is 0.556. The monoisotopic (exact) mass is 324 g/mol. The number of rotatable bonds is 3. The van der Waals surface area contributed by atoms with Crippen LogP contribution in [0.5, 0.6) is 0 Å². The lowest BCUT2D eigenvalue weighted by Gasteiger charge is -2.22. The van der Waals surface area contributed by atoms with Gasteiger partial charge in [-0.3, -0.25) is 0 Å². The van der Waals surface area contributed by atoms with Crippen molar-refractivity contribution in [2.75, 3.05) is 25.5 Å². The molecule has 1 saturated heterocycles. The molecule has 2 aliphatic rings. The minimum absolute atomic E-state index is 0.498. The molecule has 2 fully saturated rings. The van der Waals surface area contributed by atoms with Crippen molar-refractivity contribution in [2.45, 2.75) is 32.7 Å². The van der Waals surface area contributed by atoms with Crippen LogP contribution in [0, 0.1) is 25.7 Å². The molecule has 1 aliphatic carbocycles. The van der Waals surface area contributed by atoms with Crippen molar-refractivity contribution in [3.05, 3.63) is 29.7 Å². The Morgan fingerprint density at radius 3 is 2.62 bits per heavy atom. The molecule has 3 heterocycles. The predicted molar refractivity (Wildman–Crippen MR) is 93.7 cm³/mol. The second-order valence-electron chi connectivity index (χ2n) is 7.15. The molecule has 3 atom stereocenters. The maximum absolute atomic E-state index is 4.74. The summed E-state index contributed by atoms with van der Waals surface area (Å²) in [7, 11) is 2.22. The van der Waals surface area contributed by atoms with E-state index >= 15 is 0 Å². The van der Waals surface area contributed by atoms with Gasteiger partial charge in [0.1, 0.15) is 5.82 Å². The quantitative estimate of drug-likeness (QED) is 0.934. The third-order valence-corrected chi connectivity index (χ3v) is 5.52. The molecular formula is C18H24N6. The molecule has 0 radical (unpaired) electrons. The molecule has 3 unspecified atom stereocenters. The van der Waals surface area contributed by atoms with Crippen molar-refractivity contribution in [1.29, 1.82) is 0 Å². The minimum atomic E-state index is 0.498. The van der Waals surface area contributed by atoms with Gasteiger partial charge in [0.05, 0.1) is 0 Å². The fourth-order valence-electron chi connectivity index (χ4n) is 4.13. The number of likely N-dealkylation sites (tertiary alicyclic amines) is 1. The van der Waals surface area contributed by atoms with Gasteiger partial charge in [-0.25, -0.2) is 19.9 Å². The van der Waals surface area contributed by atoms with Gasteiger partial charge < -0.3 is 10.2 Å². The summed E-state index contributed by atoms with van der Waals surface area (Å²) in [5.41, 5.74) is 2.09. The summed E-state index contributed by atoms with van der Waals surface area (Å²) in [5, 5.41) is 3.72. The lowest BCUT2D eigenvalue weighted by Crippen LogP contribution is -2.29. The summed E-state index contributed by atoms with van der Waals surface area (Å²) < 4.78 is 0. The predicted octanol–water partition coefficient (Wildman–Crippen LogP) is 2.30. The molecular weight excluding hydrogens is 300 g/mol. The number of nitrogens with zero attached hydrogens (tertiary/aromatic N) is 5. The van der Waals surface area contributed by atoms with Crippen molar-refractivity contribution in [3.63, 3.8) is 0 Å². The normalized spacial score (nSPS) is 26.5. The number of aromatic nitrogens is 4. The van der Waals surface area contributed by atoms with Crippen LogP contribution in [0.4, 0.5) is 5.82 Å². The van der Waals surface area contributed by atoms with Crippen LogP contribution < -0.4 is 5.32 Å². The lowest BCUT2D eigenvalue weighted by molar-refractivity contribution is 0.373. The highest BCUT2D eigenvalue weighted by Gasteiger charge is 2.41. The summed E-state index contributed by atoms with van der Waals surface area (Å²) >= 11 is 0. The number of aryl methyl sites for hydroxylation is 1. The highest BCUT2D eigenvalue weighted by atomic mass is 15.2. The van der Waals surface area contributed by atoms with Crippen molar-refractivity contribution >= 4 is 5.82 Å². The van der Waals surface area contributed by atoms with E-state index in [-0.39, 0.29) is 0 Å². The second-order valence-corrected chi connectivity index (χ2v) is 7.15. The Kier molecular flexibility index (Phi) is 3.92. The summed E-state index contributed by atoms with van der Waals surface area (Å²) in [6.07, 6.45) is 5.99. The molecule has 1 saturated carbocycles. The fourth-order valence-corrected chi connectivity index (χ4v) is 4.13. The van der Waals surface area contributed by atoms with Gasteiger partial charge in [-0.05, 0) is 51.6 Å². The van der Waals surface area contributed by atoms with E-state index < -0.39 is 0 Å². The molecule has 6 heteroatoms. The number of fused-ring (bicyclic) bond motifs is 1. The number of hydrogen-bond acceptors (Lipinski definition) is 6. The first-order valence-electron chi connectivity index (χ1n) is 8.69. The number of anilines is 1. The Morgan fingerprint density at radius 1 is 1.04 bits per heavy atom. The first-order chi connectivity index (χ1) is 11.6. The van der Waals surface area contributed by atoms with Crippen molar-refractivity contribution < 1.29 is 0 Å². The highest BCUT2D eigenvalue weighted by Crippen LogP contribution is 2.39. The molecule has 24 heavy (non-hydrogen) atoms. The average molecular weight is 324 g/mol. The number of nitrogens with one attached hydrogen (secondary N) is 1. The summed E-state index contributed by atoms with van der Waals surface area (Å²) in [6.45, 7) is 6.52. The van der Waals surface area contributed by atoms with Gasteiger partial charge in [0.2, 0.25) is 0 Å². The Hall–Kier alpha value is -2.08. The minimum Gasteiger partial charge on any atom is -0.367 e. The molecule has 6 nitrogen and oxygen atoms in total. The van der Waals surface area contributed by atoms with Gasteiger partial charge in [-0.15, -0.1) is 0 Å². The van der Waals surface area contributed by atoms with E-state index in [4.69, 9.17) is 4.98 Å². The van der Waals surface area contributed by atoms with Gasteiger partial charge in [-0.1, -0.05) is 0 Å². The maximum atomic E-state index is 4.74. The van der Waals surface area contributed by atoms with Gasteiger partial charge in [-0.2, -0.15) is 0 Å². The van der Waals surface area contributed by atoms with Gasteiger partial charge in [0.25, 0.3) is 0 Å². The van der Waals surface area contributed by atoms with E-state index in [2.05, 4.69) is 39.1 Å². The van der Waals surface area contributed by atoms with E-state index in [0.717, 1.165) is 28.9 Å². The largest absolute Gasteiger partial charge is 0.367 e. The van der Waals surface area contributed by atoms with Crippen LogP contribution in [-0.4, -0.2) is 51.0 Å². The highest BCUT2D eigenvalue weighted by molar-refractivity contribution is 5.54. The molecule has 4 rings (SSSR count). The Bertz CT molecular complexity index is 732. The van der Waals surface area contributed by atoms with E-state index in [0.29, 0.717) is 17.7 Å². The molecule has 0 bridgehead atoms. The third kappa shape index (κ3) is 2.75. The zero-order chi connectivity index (χ0) is 16.7. The van der Waals surface area contributed by atoms with Gasteiger partial charge in [0.15, 0.2) is 11.6 Å². The van der Waals surface area contributed by atoms with E-state index in [1.807, 2.05) is 6.92 Å². The van der Waals surface area contributed by atoms with E-state index in [1.54, 1.807) is 18.5 Å². The van der Waals surface area contributed by atoms with Crippen LogP contribution in [0.15, 0.2) is 18.5 Å². The molecule has 2 aromatic heterocycles. The third-order valence-electron chi connectivity index (χ3n) is 5.52. The van der Waals surface area contributed by atoms with Crippen LogP contribution in [0.2, 0.25) is 0 Å². The standard InChI is InChI=1S/C18H24N6/c1-11-12(2)21-18(17-19-7-4-8-20-17)23-16(11)22-15-6-5-13-9-24(3)10-14(13)15/h4,7-8,13-15H,5-6,9-10H2,1-3H3,(H,21,22,23). The van der Waals surface area contributed by atoms with Crippen molar-refractivity contribution in [1.82, 2.24) is 24.8 Å². The Morgan fingerprint density at radius 2 is 1.83 bits per heavy atom. The molecule has 1 N–H and O–H groups in total. The van der Waals surface area contributed by atoms with Crippen LogP contribution in [-0.2, 0) is 0 Å². The Balaban J connectivity index is 1.62. The van der Waals surface area contributed by atoms with Crippen molar-refractivity contribution in [3.8, 4) is 11.6 Å². The molecule has 0 amide bonds. The molecule has 1 aliphatic heterocycles. The first-order valence-corrected chi connectivity index (χ1v) is 8.69. The van der Waals surface area contributed by atoms with E-state index in [1.165, 1.54) is 25.9 Å². The van der Waals surface area contributed by atoms with E-state index in [9.17, 15) is 0 Å². The summed E-state index contributed by atoms with van der Waals surface area (Å²) in [4.78, 5) is 20.3. The van der Waals surface area contributed by atoms with Crippen LogP contribution >= 0.6 is 0 Å². The average Bonchev–Trinajstić information content (AvgIpc) is 3.12. The maximum Gasteiger partial charge on any atom is 0.199 e.